The van der Waals surface area contributed by atoms with Crippen LogP contribution in [0.15, 0.2) is 34.4 Å². The van der Waals surface area contributed by atoms with E-state index >= 15 is 0 Å². The molecular weight excluding hydrogens is 331 g/mol. The van der Waals surface area contributed by atoms with Crippen LogP contribution in [-0.4, -0.2) is 10.1 Å². The first-order chi connectivity index (χ1) is 8.39. The van der Waals surface area contributed by atoms with Gasteiger partial charge >= 0.3 is 6.18 Å². The van der Waals surface area contributed by atoms with Gasteiger partial charge < -0.3 is 5.11 Å². The number of halogens is 4. The van der Waals surface area contributed by atoms with Crippen LogP contribution in [0.4, 0.5) is 13.2 Å². The lowest BCUT2D eigenvalue weighted by atomic mass is 10.0. The molecule has 0 aliphatic rings. The summed E-state index contributed by atoms with van der Waals surface area (Å²) < 4.78 is 39.1. The third kappa shape index (κ3) is 2.73. The minimum atomic E-state index is -4.51. The van der Waals surface area contributed by atoms with Gasteiger partial charge in [0.05, 0.1) is 9.35 Å². The second-order valence-electron chi connectivity index (χ2n) is 3.51. The number of pyridine rings is 1. The largest absolute Gasteiger partial charge is 0.416 e. The summed E-state index contributed by atoms with van der Waals surface area (Å²) in [6.45, 7) is 0. The van der Waals surface area contributed by atoms with Gasteiger partial charge in [0.1, 0.15) is 6.10 Å². The zero-order valence-electron chi connectivity index (χ0n) is 8.78. The van der Waals surface area contributed by atoms with Crippen LogP contribution >= 0.6 is 27.3 Å². The molecule has 0 aliphatic carbocycles. The smallest absolute Gasteiger partial charge is 0.383 e. The van der Waals surface area contributed by atoms with Crippen LogP contribution in [0.3, 0.4) is 0 Å². The molecule has 2 aromatic heterocycles. The zero-order valence-corrected chi connectivity index (χ0v) is 11.2. The molecule has 0 fully saturated rings. The summed E-state index contributed by atoms with van der Waals surface area (Å²) in [4.78, 5) is 4.08. The SMILES string of the molecule is OC(c1ccc(Br)s1)c1cnccc1C(F)(F)F. The van der Waals surface area contributed by atoms with E-state index in [0.717, 1.165) is 22.2 Å². The van der Waals surface area contributed by atoms with E-state index < -0.39 is 17.8 Å². The van der Waals surface area contributed by atoms with Gasteiger partial charge in [-0.05, 0) is 34.1 Å². The van der Waals surface area contributed by atoms with Gasteiger partial charge in [0.25, 0.3) is 0 Å². The molecule has 0 amide bonds. The predicted octanol–water partition coefficient (Wildman–Crippen LogP) is 4.01. The molecule has 1 atom stereocenters. The molecule has 2 heterocycles. The summed E-state index contributed by atoms with van der Waals surface area (Å²) in [7, 11) is 0. The number of alkyl halides is 3. The van der Waals surface area contributed by atoms with Crippen molar-refractivity contribution in [2.75, 3.05) is 0 Å². The summed E-state index contributed by atoms with van der Waals surface area (Å²) in [5, 5.41) is 10.00. The topological polar surface area (TPSA) is 33.1 Å². The Kier molecular flexibility index (Phi) is 3.74. The summed E-state index contributed by atoms with van der Waals surface area (Å²) in [5.74, 6) is 0. The molecule has 1 N–H and O–H groups in total. The third-order valence-electron chi connectivity index (χ3n) is 2.32. The first-order valence-corrected chi connectivity index (χ1v) is 6.45. The number of nitrogens with zero attached hydrogens (tertiary/aromatic N) is 1. The Balaban J connectivity index is 2.45. The number of rotatable bonds is 2. The van der Waals surface area contributed by atoms with Crippen molar-refractivity contribution in [1.29, 1.82) is 0 Å². The maximum Gasteiger partial charge on any atom is 0.416 e. The highest BCUT2D eigenvalue weighted by molar-refractivity contribution is 9.11. The Morgan fingerprint density at radius 2 is 2.00 bits per heavy atom. The minimum absolute atomic E-state index is 0.237. The van der Waals surface area contributed by atoms with Gasteiger partial charge in [0, 0.05) is 22.8 Å². The quantitative estimate of drug-likeness (QED) is 0.898. The van der Waals surface area contributed by atoms with E-state index in [1.807, 2.05) is 0 Å². The van der Waals surface area contributed by atoms with Crippen LogP contribution in [-0.2, 0) is 6.18 Å². The number of hydrogen-bond acceptors (Lipinski definition) is 3. The number of aliphatic hydroxyl groups is 1. The monoisotopic (exact) mass is 337 g/mol. The Morgan fingerprint density at radius 1 is 1.28 bits per heavy atom. The van der Waals surface area contributed by atoms with E-state index in [2.05, 4.69) is 20.9 Å². The van der Waals surface area contributed by atoms with Crippen molar-refractivity contribution in [3.63, 3.8) is 0 Å². The maximum atomic E-state index is 12.8. The van der Waals surface area contributed by atoms with Crippen LogP contribution in [0, 0.1) is 0 Å². The van der Waals surface area contributed by atoms with Gasteiger partial charge in [-0.2, -0.15) is 13.2 Å². The summed E-state index contributed by atoms with van der Waals surface area (Å²) in [5.41, 5.74) is -1.10. The highest BCUT2D eigenvalue weighted by atomic mass is 79.9. The molecule has 0 saturated heterocycles. The Labute approximate surface area is 113 Å². The van der Waals surface area contributed by atoms with E-state index in [4.69, 9.17) is 0 Å². The molecule has 2 nitrogen and oxygen atoms in total. The first kappa shape index (κ1) is 13.5. The maximum absolute atomic E-state index is 12.8. The average Bonchev–Trinajstić information content (AvgIpc) is 2.74. The molecule has 0 radical (unpaired) electrons. The molecule has 2 aromatic rings. The Hall–Kier alpha value is -0.920. The van der Waals surface area contributed by atoms with E-state index in [1.165, 1.54) is 11.3 Å². The van der Waals surface area contributed by atoms with Crippen LogP contribution in [0.1, 0.15) is 22.1 Å². The lowest BCUT2D eigenvalue weighted by Gasteiger charge is -2.15. The van der Waals surface area contributed by atoms with E-state index in [9.17, 15) is 18.3 Å². The molecule has 96 valence electrons. The van der Waals surface area contributed by atoms with Crippen LogP contribution in [0.5, 0.6) is 0 Å². The molecule has 0 aromatic carbocycles. The molecule has 7 heteroatoms. The summed E-state index contributed by atoms with van der Waals surface area (Å²) in [6.07, 6.45) is -3.73. The number of hydrogen-bond donors (Lipinski definition) is 1. The van der Waals surface area contributed by atoms with Gasteiger partial charge in [0.2, 0.25) is 0 Å². The number of aliphatic hydroxyl groups excluding tert-OH is 1. The average molecular weight is 338 g/mol. The molecule has 0 saturated carbocycles. The molecule has 2 rings (SSSR count). The molecule has 0 spiro atoms. The van der Waals surface area contributed by atoms with Crippen molar-refractivity contribution in [1.82, 2.24) is 4.98 Å². The fourth-order valence-electron chi connectivity index (χ4n) is 1.51. The van der Waals surface area contributed by atoms with Crippen molar-refractivity contribution < 1.29 is 18.3 Å². The van der Waals surface area contributed by atoms with Crippen molar-refractivity contribution in [3.05, 3.63) is 50.4 Å². The van der Waals surface area contributed by atoms with E-state index in [0.29, 0.717) is 4.88 Å². The van der Waals surface area contributed by atoms with Crippen LogP contribution < -0.4 is 0 Å². The van der Waals surface area contributed by atoms with E-state index in [1.54, 1.807) is 12.1 Å². The normalized spacial score (nSPS) is 13.6. The van der Waals surface area contributed by atoms with Crippen molar-refractivity contribution in [3.8, 4) is 0 Å². The number of thiophene rings is 1. The van der Waals surface area contributed by atoms with Crippen LogP contribution in [0.2, 0.25) is 0 Å². The highest BCUT2D eigenvalue weighted by Gasteiger charge is 2.35. The Morgan fingerprint density at radius 3 is 2.56 bits per heavy atom. The molecule has 0 aliphatic heterocycles. The molecule has 1 unspecified atom stereocenters. The van der Waals surface area contributed by atoms with Crippen molar-refractivity contribution in [2.24, 2.45) is 0 Å². The van der Waals surface area contributed by atoms with Crippen molar-refractivity contribution >= 4 is 27.3 Å². The molecule has 0 bridgehead atoms. The van der Waals surface area contributed by atoms with Gasteiger partial charge in [0.15, 0.2) is 0 Å². The van der Waals surface area contributed by atoms with Crippen LogP contribution in [0.25, 0.3) is 0 Å². The van der Waals surface area contributed by atoms with Crippen molar-refractivity contribution in [2.45, 2.75) is 12.3 Å². The summed E-state index contributed by atoms with van der Waals surface area (Å²) >= 11 is 4.38. The highest BCUT2D eigenvalue weighted by Crippen LogP contribution is 2.38. The second kappa shape index (κ2) is 4.99. The van der Waals surface area contributed by atoms with E-state index in [-0.39, 0.29) is 5.56 Å². The lowest BCUT2D eigenvalue weighted by Crippen LogP contribution is -2.12. The van der Waals surface area contributed by atoms with Gasteiger partial charge in [-0.3, -0.25) is 4.98 Å². The van der Waals surface area contributed by atoms with Gasteiger partial charge in [-0.1, -0.05) is 0 Å². The minimum Gasteiger partial charge on any atom is -0.383 e. The van der Waals surface area contributed by atoms with Gasteiger partial charge in [-0.15, -0.1) is 11.3 Å². The van der Waals surface area contributed by atoms with Gasteiger partial charge in [-0.25, -0.2) is 0 Å². The summed E-state index contributed by atoms with van der Waals surface area (Å²) in [6, 6.07) is 4.11. The second-order valence-corrected chi connectivity index (χ2v) is 6.00. The Bertz CT molecular complexity index is 555. The number of aromatic nitrogens is 1. The predicted molar refractivity (Wildman–Crippen MR) is 65.3 cm³/mol. The standard InChI is InChI=1S/C11H7BrF3NOS/c12-9-2-1-8(18-9)10(17)6-5-16-4-3-7(6)11(13,14)15/h1-5,10,17H. The fourth-order valence-corrected chi connectivity index (χ4v) is 2.94. The third-order valence-corrected chi connectivity index (χ3v) is 3.99. The zero-order chi connectivity index (χ0) is 13.3. The molecule has 18 heavy (non-hydrogen) atoms. The first-order valence-electron chi connectivity index (χ1n) is 4.84. The molecular formula is C11H7BrF3NOS. The lowest BCUT2D eigenvalue weighted by molar-refractivity contribution is -0.139. The fraction of sp³-hybridized carbons (Fsp3) is 0.182.